The highest BCUT2D eigenvalue weighted by molar-refractivity contribution is 6.51. The Morgan fingerprint density at radius 2 is 1.73 bits per heavy atom. The van der Waals surface area contributed by atoms with Gasteiger partial charge in [-0.15, -0.1) is 0 Å². The van der Waals surface area contributed by atoms with Crippen molar-refractivity contribution in [1.82, 2.24) is 0 Å². The number of aliphatic hydroxyl groups excluding tert-OH is 1. The van der Waals surface area contributed by atoms with Crippen LogP contribution in [0.2, 0.25) is 5.02 Å². The van der Waals surface area contributed by atoms with Crippen molar-refractivity contribution in [3.05, 3.63) is 99.6 Å². The molecule has 1 atom stereocenters. The van der Waals surface area contributed by atoms with Gasteiger partial charge in [0, 0.05) is 11.3 Å². The van der Waals surface area contributed by atoms with Crippen molar-refractivity contribution in [3.63, 3.8) is 0 Å². The highest BCUT2D eigenvalue weighted by Crippen LogP contribution is 2.43. The van der Waals surface area contributed by atoms with E-state index < -0.39 is 23.7 Å². The number of carbonyl (C=O) groups excluding carboxylic acids is 3. The average molecular weight is 520 g/mol. The van der Waals surface area contributed by atoms with Crippen molar-refractivity contribution in [2.75, 3.05) is 12.0 Å². The minimum Gasteiger partial charge on any atom is -0.507 e. The van der Waals surface area contributed by atoms with Crippen molar-refractivity contribution in [2.24, 2.45) is 0 Å². The predicted molar refractivity (Wildman–Crippen MR) is 141 cm³/mol. The third-order valence-electron chi connectivity index (χ3n) is 5.93. The molecule has 7 nitrogen and oxygen atoms in total. The van der Waals surface area contributed by atoms with E-state index in [0.29, 0.717) is 17.0 Å². The second-order valence-corrected chi connectivity index (χ2v) is 9.34. The smallest absolute Gasteiger partial charge is 0.338 e. The predicted octanol–water partition coefficient (Wildman–Crippen LogP) is 5.85. The van der Waals surface area contributed by atoms with Gasteiger partial charge in [0.1, 0.15) is 11.5 Å². The molecule has 0 spiro atoms. The largest absolute Gasteiger partial charge is 0.507 e. The molecule has 0 radical (unpaired) electrons. The summed E-state index contributed by atoms with van der Waals surface area (Å²) in [7, 11) is 1.47. The van der Waals surface area contributed by atoms with Gasteiger partial charge < -0.3 is 14.6 Å². The number of benzene rings is 3. The van der Waals surface area contributed by atoms with Crippen LogP contribution in [0.15, 0.2) is 72.3 Å². The lowest BCUT2D eigenvalue weighted by Gasteiger charge is -2.26. The van der Waals surface area contributed by atoms with E-state index in [1.54, 1.807) is 50.2 Å². The number of amides is 1. The molecule has 1 aliphatic rings. The Bertz CT molecular complexity index is 1430. The van der Waals surface area contributed by atoms with E-state index in [2.05, 4.69) is 0 Å². The van der Waals surface area contributed by atoms with Gasteiger partial charge in [-0.1, -0.05) is 47.5 Å². The number of Topliss-reactive ketones (excluding diaryl/α,β-unsaturated/α-hetero) is 1. The van der Waals surface area contributed by atoms with Crippen LogP contribution in [0.5, 0.6) is 5.75 Å². The molecule has 1 N–H and O–H groups in total. The first-order chi connectivity index (χ1) is 17.6. The minimum absolute atomic E-state index is 0.0907. The van der Waals surface area contributed by atoms with E-state index in [0.717, 1.165) is 5.56 Å². The maximum atomic E-state index is 13.4. The molecule has 190 valence electrons. The van der Waals surface area contributed by atoms with Gasteiger partial charge >= 0.3 is 5.97 Å². The third-order valence-corrected chi connectivity index (χ3v) is 6.23. The summed E-state index contributed by atoms with van der Waals surface area (Å²) in [5, 5.41) is 11.6. The lowest BCUT2D eigenvalue weighted by molar-refractivity contribution is -0.132. The van der Waals surface area contributed by atoms with Gasteiger partial charge in [0.2, 0.25) is 0 Å². The number of methoxy groups -OCH3 is 1. The van der Waals surface area contributed by atoms with E-state index in [4.69, 9.17) is 21.1 Å². The first kappa shape index (κ1) is 26.0. The van der Waals surface area contributed by atoms with Gasteiger partial charge in [-0.25, -0.2) is 4.79 Å². The molecule has 1 saturated heterocycles. The van der Waals surface area contributed by atoms with Crippen LogP contribution in [0.4, 0.5) is 5.69 Å². The van der Waals surface area contributed by atoms with Gasteiger partial charge in [0.25, 0.3) is 11.7 Å². The highest BCUT2D eigenvalue weighted by atomic mass is 35.5. The fourth-order valence-corrected chi connectivity index (χ4v) is 4.55. The highest BCUT2D eigenvalue weighted by Gasteiger charge is 2.47. The normalized spacial score (nSPS) is 16.8. The zero-order valence-corrected chi connectivity index (χ0v) is 21.6. The van der Waals surface area contributed by atoms with Gasteiger partial charge in [-0.3, -0.25) is 14.5 Å². The molecule has 1 fully saturated rings. The molecule has 0 bridgehead atoms. The summed E-state index contributed by atoms with van der Waals surface area (Å²) >= 11 is 6.26. The van der Waals surface area contributed by atoms with Crippen LogP contribution in [0.1, 0.15) is 46.9 Å². The van der Waals surface area contributed by atoms with Crippen molar-refractivity contribution in [3.8, 4) is 5.75 Å². The standard InChI is InChI=1S/C29H26ClNO6/c1-16(2)37-29(35)20-9-6-10-21(14-20)31-25(18-8-5-7-17(3)13-18)24(27(33)28(31)34)26(32)19-11-12-23(36-4)22(30)15-19/h5-16,25,32H,1-4H3/b26-24+. The number of esters is 1. The number of ketones is 1. The third kappa shape index (κ3) is 5.08. The van der Waals surface area contributed by atoms with Crippen molar-refractivity contribution < 1.29 is 29.0 Å². The van der Waals surface area contributed by atoms with Crippen LogP contribution in [0.3, 0.4) is 0 Å². The Morgan fingerprint density at radius 3 is 2.38 bits per heavy atom. The summed E-state index contributed by atoms with van der Waals surface area (Å²) in [6.07, 6.45) is -0.325. The summed E-state index contributed by atoms with van der Waals surface area (Å²) < 4.78 is 10.5. The summed E-state index contributed by atoms with van der Waals surface area (Å²) in [6, 6.07) is 17.3. The Morgan fingerprint density at radius 1 is 1.00 bits per heavy atom. The van der Waals surface area contributed by atoms with E-state index >= 15 is 0 Å². The number of anilines is 1. The molecule has 1 amide bonds. The molecule has 4 rings (SSSR count). The van der Waals surface area contributed by atoms with E-state index in [1.807, 2.05) is 25.1 Å². The summed E-state index contributed by atoms with van der Waals surface area (Å²) in [4.78, 5) is 40.6. The summed E-state index contributed by atoms with van der Waals surface area (Å²) in [5.41, 5.74) is 2.25. The molecular formula is C29H26ClNO6. The SMILES string of the molecule is COc1ccc(/C(O)=C2\C(=O)C(=O)N(c3cccc(C(=O)OC(C)C)c3)C2c2cccc(C)c2)cc1Cl. The van der Waals surface area contributed by atoms with Crippen LogP contribution in [-0.2, 0) is 14.3 Å². The molecule has 1 aliphatic heterocycles. The van der Waals surface area contributed by atoms with E-state index in [9.17, 15) is 19.5 Å². The molecule has 1 heterocycles. The van der Waals surface area contributed by atoms with Crippen LogP contribution in [-0.4, -0.2) is 36.0 Å². The first-order valence-electron chi connectivity index (χ1n) is 11.6. The van der Waals surface area contributed by atoms with Gasteiger partial charge in [0.05, 0.1) is 35.4 Å². The van der Waals surface area contributed by atoms with E-state index in [-0.39, 0.29) is 33.6 Å². The number of hydrogen-bond acceptors (Lipinski definition) is 6. The molecule has 0 aromatic heterocycles. The molecule has 0 saturated carbocycles. The quantitative estimate of drug-likeness (QED) is 0.190. The Balaban J connectivity index is 1.90. The second kappa shape index (κ2) is 10.5. The second-order valence-electron chi connectivity index (χ2n) is 8.94. The summed E-state index contributed by atoms with van der Waals surface area (Å²) in [5.74, 6) is -2.20. The molecule has 37 heavy (non-hydrogen) atoms. The molecular weight excluding hydrogens is 494 g/mol. The number of nitrogens with zero attached hydrogens (tertiary/aromatic N) is 1. The number of hydrogen-bond donors (Lipinski definition) is 1. The Labute approximate surface area is 219 Å². The van der Waals surface area contributed by atoms with E-state index in [1.165, 1.54) is 24.1 Å². The van der Waals surface area contributed by atoms with Crippen LogP contribution in [0, 0.1) is 6.92 Å². The van der Waals surface area contributed by atoms with Crippen molar-refractivity contribution in [2.45, 2.75) is 32.9 Å². The zero-order valence-electron chi connectivity index (χ0n) is 20.8. The molecule has 8 heteroatoms. The van der Waals surface area contributed by atoms with Crippen molar-refractivity contribution >= 4 is 40.7 Å². The maximum absolute atomic E-state index is 13.4. The van der Waals surface area contributed by atoms with Crippen LogP contribution in [0.25, 0.3) is 5.76 Å². The monoisotopic (exact) mass is 519 g/mol. The lowest BCUT2D eigenvalue weighted by atomic mass is 9.94. The van der Waals surface area contributed by atoms with Crippen LogP contribution >= 0.6 is 11.6 Å². The topological polar surface area (TPSA) is 93.1 Å². The molecule has 3 aromatic carbocycles. The van der Waals surface area contributed by atoms with Gasteiger partial charge in [0.15, 0.2) is 0 Å². The van der Waals surface area contributed by atoms with Crippen LogP contribution < -0.4 is 9.64 Å². The van der Waals surface area contributed by atoms with Crippen molar-refractivity contribution in [1.29, 1.82) is 0 Å². The zero-order chi connectivity index (χ0) is 26.9. The molecule has 0 aliphatic carbocycles. The number of aliphatic hydroxyl groups is 1. The molecule has 3 aromatic rings. The number of aryl methyl sites for hydroxylation is 1. The lowest BCUT2D eigenvalue weighted by Crippen LogP contribution is -2.29. The van der Waals surface area contributed by atoms with Gasteiger partial charge in [-0.05, 0) is 62.7 Å². The fraction of sp³-hybridized carbons (Fsp3) is 0.207. The number of ether oxygens (including phenoxy) is 2. The Kier molecular flexibility index (Phi) is 7.36. The summed E-state index contributed by atoms with van der Waals surface area (Å²) in [6.45, 7) is 5.37. The first-order valence-corrected chi connectivity index (χ1v) is 12.0. The minimum atomic E-state index is -0.947. The maximum Gasteiger partial charge on any atom is 0.338 e. The fourth-order valence-electron chi connectivity index (χ4n) is 4.29. The number of halogens is 1. The number of rotatable bonds is 6. The van der Waals surface area contributed by atoms with Gasteiger partial charge in [-0.2, -0.15) is 0 Å². The Hall–Kier alpha value is -4.10. The number of carbonyl (C=O) groups is 3. The molecule has 1 unspecified atom stereocenters. The average Bonchev–Trinajstić information content (AvgIpc) is 3.13.